The summed E-state index contributed by atoms with van der Waals surface area (Å²) in [6, 6.07) is 25.1. The summed E-state index contributed by atoms with van der Waals surface area (Å²) in [5, 5.41) is 0. The molecule has 28 heavy (non-hydrogen) atoms. The van der Waals surface area contributed by atoms with Gasteiger partial charge in [-0.25, -0.2) is 9.79 Å². The molecular weight excluding hydrogens is 465 g/mol. The first-order valence-corrected chi connectivity index (χ1v) is 9.81. The monoisotopic (exact) mass is 481 g/mol. The van der Waals surface area contributed by atoms with Crippen molar-refractivity contribution < 1.29 is 14.3 Å². The second kappa shape index (κ2) is 8.39. The Morgan fingerprint density at radius 2 is 1.64 bits per heavy atom. The van der Waals surface area contributed by atoms with Crippen LogP contribution in [0.5, 0.6) is 5.75 Å². The van der Waals surface area contributed by atoms with Gasteiger partial charge in [0.2, 0.25) is 5.90 Å². The van der Waals surface area contributed by atoms with Crippen molar-refractivity contribution in [3.05, 3.63) is 105 Å². The molecule has 0 saturated heterocycles. The van der Waals surface area contributed by atoms with E-state index in [4.69, 9.17) is 9.47 Å². The highest BCUT2D eigenvalue weighted by Crippen LogP contribution is 2.25. The van der Waals surface area contributed by atoms with Gasteiger partial charge in [-0.2, -0.15) is 0 Å². The van der Waals surface area contributed by atoms with Crippen LogP contribution in [-0.4, -0.2) is 11.9 Å². The number of halogens is 1. The van der Waals surface area contributed by atoms with Gasteiger partial charge in [0, 0.05) is 14.7 Å². The van der Waals surface area contributed by atoms with Crippen molar-refractivity contribution in [2.75, 3.05) is 0 Å². The fourth-order valence-corrected chi connectivity index (χ4v) is 3.09. The topological polar surface area (TPSA) is 47.9 Å². The summed E-state index contributed by atoms with van der Waals surface area (Å²) >= 11 is 2.27. The third kappa shape index (κ3) is 4.31. The number of para-hydroxylation sites is 1. The Labute approximate surface area is 176 Å². The molecule has 0 fully saturated rings. The number of aliphatic imine (C=N–C) groups is 1. The first-order chi connectivity index (χ1) is 13.7. The van der Waals surface area contributed by atoms with Crippen molar-refractivity contribution in [2.45, 2.75) is 6.61 Å². The van der Waals surface area contributed by atoms with Crippen LogP contribution in [0.3, 0.4) is 0 Å². The SMILES string of the molecule is O=C1OC(c2ccccc2)=N/C1=C\c1ccccc1OCc1ccc(I)cc1. The van der Waals surface area contributed by atoms with Crippen LogP contribution in [0.25, 0.3) is 6.08 Å². The van der Waals surface area contributed by atoms with Crippen molar-refractivity contribution in [3.8, 4) is 5.75 Å². The Balaban J connectivity index is 1.57. The van der Waals surface area contributed by atoms with Gasteiger partial charge in [0.1, 0.15) is 12.4 Å². The molecule has 0 atom stereocenters. The molecule has 4 rings (SSSR count). The van der Waals surface area contributed by atoms with E-state index in [2.05, 4.69) is 27.6 Å². The molecule has 0 aromatic heterocycles. The molecule has 3 aromatic rings. The molecule has 0 spiro atoms. The van der Waals surface area contributed by atoms with Gasteiger partial charge >= 0.3 is 5.97 Å². The lowest BCUT2D eigenvalue weighted by Gasteiger charge is -2.09. The molecule has 4 nitrogen and oxygen atoms in total. The van der Waals surface area contributed by atoms with E-state index in [1.54, 1.807) is 6.08 Å². The van der Waals surface area contributed by atoms with E-state index in [1.165, 1.54) is 3.57 Å². The van der Waals surface area contributed by atoms with Crippen molar-refractivity contribution in [2.24, 2.45) is 4.99 Å². The number of nitrogens with zero attached hydrogens (tertiary/aromatic N) is 1. The van der Waals surface area contributed by atoms with Crippen LogP contribution in [-0.2, 0) is 16.1 Å². The minimum atomic E-state index is -0.466. The van der Waals surface area contributed by atoms with Crippen molar-refractivity contribution in [1.82, 2.24) is 0 Å². The van der Waals surface area contributed by atoms with Crippen LogP contribution in [0.1, 0.15) is 16.7 Å². The summed E-state index contributed by atoms with van der Waals surface area (Å²) in [7, 11) is 0. The van der Waals surface area contributed by atoms with Gasteiger partial charge in [-0.15, -0.1) is 0 Å². The summed E-state index contributed by atoms with van der Waals surface area (Å²) in [6.07, 6.45) is 1.70. The zero-order valence-corrected chi connectivity index (χ0v) is 17.0. The Bertz CT molecular complexity index is 1060. The van der Waals surface area contributed by atoms with Crippen LogP contribution in [0, 0.1) is 3.57 Å². The lowest BCUT2D eigenvalue weighted by atomic mass is 10.1. The van der Waals surface area contributed by atoms with Gasteiger partial charge < -0.3 is 9.47 Å². The number of carbonyl (C=O) groups excluding carboxylic acids is 1. The molecule has 1 heterocycles. The highest BCUT2D eigenvalue weighted by atomic mass is 127. The first-order valence-electron chi connectivity index (χ1n) is 8.73. The molecular formula is C23H16INO3. The summed E-state index contributed by atoms with van der Waals surface area (Å²) < 4.78 is 12.5. The van der Waals surface area contributed by atoms with Crippen molar-refractivity contribution in [3.63, 3.8) is 0 Å². The van der Waals surface area contributed by atoms with E-state index < -0.39 is 5.97 Å². The van der Waals surface area contributed by atoms with Crippen LogP contribution in [0.15, 0.2) is 89.6 Å². The number of rotatable bonds is 5. The van der Waals surface area contributed by atoms with E-state index in [0.717, 1.165) is 16.7 Å². The average molecular weight is 481 g/mol. The van der Waals surface area contributed by atoms with Gasteiger partial charge in [0.15, 0.2) is 5.70 Å². The lowest BCUT2D eigenvalue weighted by molar-refractivity contribution is -0.129. The third-order valence-corrected chi connectivity index (χ3v) is 4.88. The maximum Gasteiger partial charge on any atom is 0.363 e. The number of benzene rings is 3. The molecule has 0 N–H and O–H groups in total. The Morgan fingerprint density at radius 1 is 0.929 bits per heavy atom. The maximum atomic E-state index is 12.2. The van der Waals surface area contributed by atoms with Crippen LogP contribution < -0.4 is 4.74 Å². The molecule has 0 saturated carbocycles. The quantitative estimate of drug-likeness (QED) is 0.286. The smallest absolute Gasteiger partial charge is 0.363 e. The molecule has 0 aliphatic carbocycles. The van der Waals surface area contributed by atoms with E-state index in [9.17, 15) is 4.79 Å². The van der Waals surface area contributed by atoms with Gasteiger partial charge in [-0.1, -0.05) is 48.5 Å². The van der Waals surface area contributed by atoms with Crippen LogP contribution >= 0.6 is 22.6 Å². The molecule has 5 heteroatoms. The predicted molar refractivity (Wildman–Crippen MR) is 117 cm³/mol. The Hall–Kier alpha value is -2.93. The maximum absolute atomic E-state index is 12.2. The molecule has 0 radical (unpaired) electrons. The second-order valence-electron chi connectivity index (χ2n) is 6.16. The highest BCUT2D eigenvalue weighted by molar-refractivity contribution is 14.1. The first kappa shape index (κ1) is 18.4. The van der Waals surface area contributed by atoms with Gasteiger partial charge in [0.05, 0.1) is 0 Å². The summed E-state index contributed by atoms with van der Waals surface area (Å²) in [4.78, 5) is 16.6. The summed E-state index contributed by atoms with van der Waals surface area (Å²) in [5.41, 5.74) is 2.87. The van der Waals surface area contributed by atoms with E-state index in [1.807, 2.05) is 78.9 Å². The summed E-state index contributed by atoms with van der Waals surface area (Å²) in [5.74, 6) is 0.533. The molecule has 1 aliphatic heterocycles. The van der Waals surface area contributed by atoms with Gasteiger partial charge in [-0.3, -0.25) is 0 Å². The molecule has 0 amide bonds. The van der Waals surface area contributed by atoms with E-state index in [-0.39, 0.29) is 5.70 Å². The lowest BCUT2D eigenvalue weighted by Crippen LogP contribution is -2.05. The fraction of sp³-hybridized carbons (Fsp3) is 0.0435. The van der Waals surface area contributed by atoms with Crippen LogP contribution in [0.4, 0.5) is 0 Å². The van der Waals surface area contributed by atoms with Crippen molar-refractivity contribution >= 4 is 40.5 Å². The number of esters is 1. The minimum Gasteiger partial charge on any atom is -0.488 e. The zero-order valence-electron chi connectivity index (χ0n) is 14.8. The number of cyclic esters (lactones) is 1. The number of carbonyl (C=O) groups is 1. The number of ether oxygens (including phenoxy) is 2. The van der Waals surface area contributed by atoms with Crippen molar-refractivity contribution in [1.29, 1.82) is 0 Å². The second-order valence-corrected chi connectivity index (χ2v) is 7.40. The largest absolute Gasteiger partial charge is 0.488 e. The normalized spacial score (nSPS) is 14.7. The predicted octanol–water partition coefficient (Wildman–Crippen LogP) is 5.21. The molecule has 0 unspecified atom stereocenters. The van der Waals surface area contributed by atoms with Gasteiger partial charge in [0.25, 0.3) is 0 Å². The zero-order chi connectivity index (χ0) is 19.3. The minimum absolute atomic E-state index is 0.254. The number of hydrogen-bond donors (Lipinski definition) is 0. The Kier molecular flexibility index (Phi) is 5.53. The summed E-state index contributed by atoms with van der Waals surface area (Å²) in [6.45, 7) is 0.445. The molecule has 0 bridgehead atoms. The van der Waals surface area contributed by atoms with E-state index >= 15 is 0 Å². The molecule has 1 aliphatic rings. The van der Waals surface area contributed by atoms with Gasteiger partial charge in [-0.05, 0) is 64.6 Å². The van der Waals surface area contributed by atoms with Crippen LogP contribution in [0.2, 0.25) is 0 Å². The van der Waals surface area contributed by atoms with E-state index in [0.29, 0.717) is 18.3 Å². The third-order valence-electron chi connectivity index (χ3n) is 4.16. The fourth-order valence-electron chi connectivity index (χ4n) is 2.73. The highest BCUT2D eigenvalue weighted by Gasteiger charge is 2.24. The standard InChI is InChI=1S/C23H16INO3/c24-19-12-10-16(11-13-19)15-27-21-9-5-4-8-18(21)14-20-23(26)28-22(25-20)17-6-2-1-3-7-17/h1-14H,15H2/b20-14-. The average Bonchev–Trinajstić information content (AvgIpc) is 3.10. The molecule has 138 valence electrons. The number of hydrogen-bond acceptors (Lipinski definition) is 4. The Morgan fingerprint density at radius 3 is 2.43 bits per heavy atom. The molecule has 3 aromatic carbocycles.